The van der Waals surface area contributed by atoms with E-state index < -0.39 is 0 Å². The van der Waals surface area contributed by atoms with Crippen LogP contribution in [-0.4, -0.2) is 24.9 Å². The van der Waals surface area contributed by atoms with Crippen molar-refractivity contribution in [1.82, 2.24) is 0 Å². The van der Waals surface area contributed by atoms with E-state index in [1.54, 1.807) is 0 Å². The van der Waals surface area contributed by atoms with E-state index >= 15 is 0 Å². The van der Waals surface area contributed by atoms with E-state index in [4.69, 9.17) is 9.84 Å². The normalized spacial score (nSPS) is 23.5. The van der Waals surface area contributed by atoms with Gasteiger partial charge in [0.2, 0.25) is 0 Å². The van der Waals surface area contributed by atoms with Crippen molar-refractivity contribution in [2.24, 2.45) is 11.8 Å². The molecule has 0 bridgehead atoms. The van der Waals surface area contributed by atoms with Crippen LogP contribution in [0.25, 0.3) is 0 Å². The summed E-state index contributed by atoms with van der Waals surface area (Å²) in [4.78, 5) is 0. The lowest BCUT2D eigenvalue weighted by atomic mass is 9.90. The first-order valence-corrected chi connectivity index (χ1v) is 4.51. The van der Waals surface area contributed by atoms with Crippen molar-refractivity contribution in [2.75, 3.05) is 19.8 Å². The van der Waals surface area contributed by atoms with Gasteiger partial charge in [-0.1, -0.05) is 6.92 Å². The molecule has 1 N–H and O–H groups in total. The highest BCUT2D eigenvalue weighted by Crippen LogP contribution is 2.22. The Morgan fingerprint density at radius 2 is 2.09 bits per heavy atom. The standard InChI is InChI=1S/C9H18O2/c1-8(7-10)6-9-2-4-11-5-3-9/h8-10H,2-7H2,1H3/t8-/m0/s1. The number of hydrogen-bond donors (Lipinski definition) is 1. The molecule has 0 saturated carbocycles. The minimum atomic E-state index is 0.331. The summed E-state index contributed by atoms with van der Waals surface area (Å²) in [6.45, 7) is 4.28. The van der Waals surface area contributed by atoms with Gasteiger partial charge in [0.05, 0.1) is 0 Å². The third kappa shape index (κ3) is 3.21. The van der Waals surface area contributed by atoms with Crippen LogP contribution < -0.4 is 0 Å². The summed E-state index contributed by atoms with van der Waals surface area (Å²) in [5, 5.41) is 8.83. The number of hydrogen-bond acceptors (Lipinski definition) is 2. The van der Waals surface area contributed by atoms with Crippen molar-refractivity contribution in [3.63, 3.8) is 0 Å². The molecule has 0 radical (unpaired) electrons. The Morgan fingerprint density at radius 3 is 2.64 bits per heavy atom. The summed E-state index contributed by atoms with van der Waals surface area (Å²) < 4.78 is 5.25. The van der Waals surface area contributed by atoms with Gasteiger partial charge >= 0.3 is 0 Å². The predicted octanol–water partition coefficient (Wildman–Crippen LogP) is 1.43. The molecule has 0 amide bonds. The van der Waals surface area contributed by atoms with E-state index in [9.17, 15) is 0 Å². The lowest BCUT2D eigenvalue weighted by Gasteiger charge is -2.23. The Bertz CT molecular complexity index is 97.7. The van der Waals surface area contributed by atoms with Crippen LogP contribution in [0.1, 0.15) is 26.2 Å². The van der Waals surface area contributed by atoms with E-state index in [0.29, 0.717) is 12.5 Å². The van der Waals surface area contributed by atoms with Crippen molar-refractivity contribution in [2.45, 2.75) is 26.2 Å². The van der Waals surface area contributed by atoms with Crippen LogP contribution in [-0.2, 0) is 4.74 Å². The first-order chi connectivity index (χ1) is 5.33. The highest BCUT2D eigenvalue weighted by Gasteiger charge is 2.15. The first-order valence-electron chi connectivity index (χ1n) is 4.51. The maximum absolute atomic E-state index is 8.83. The minimum Gasteiger partial charge on any atom is -0.396 e. The van der Waals surface area contributed by atoms with E-state index in [2.05, 4.69) is 6.92 Å². The molecule has 1 fully saturated rings. The Kier molecular flexibility index (Phi) is 3.87. The molecule has 1 atom stereocenters. The minimum absolute atomic E-state index is 0.331. The molecular weight excluding hydrogens is 140 g/mol. The quantitative estimate of drug-likeness (QED) is 0.673. The SMILES string of the molecule is C[C@H](CO)CC1CCOCC1. The van der Waals surface area contributed by atoms with Gasteiger partial charge in [-0.2, -0.15) is 0 Å². The van der Waals surface area contributed by atoms with Gasteiger partial charge in [0, 0.05) is 19.8 Å². The fraction of sp³-hybridized carbons (Fsp3) is 1.00. The number of rotatable bonds is 3. The van der Waals surface area contributed by atoms with Crippen molar-refractivity contribution < 1.29 is 9.84 Å². The Morgan fingerprint density at radius 1 is 1.45 bits per heavy atom. The summed E-state index contributed by atoms with van der Waals surface area (Å²) in [5.74, 6) is 1.27. The zero-order valence-electron chi connectivity index (χ0n) is 7.25. The molecule has 1 rings (SSSR count). The first kappa shape index (κ1) is 9.01. The fourth-order valence-corrected chi connectivity index (χ4v) is 1.63. The molecule has 0 aromatic heterocycles. The molecule has 2 nitrogen and oxygen atoms in total. The third-order valence-electron chi connectivity index (χ3n) is 2.39. The van der Waals surface area contributed by atoms with Gasteiger partial charge in [0.15, 0.2) is 0 Å². The number of aliphatic hydroxyl groups is 1. The fourth-order valence-electron chi connectivity index (χ4n) is 1.63. The average Bonchev–Trinajstić information content (AvgIpc) is 2.06. The maximum Gasteiger partial charge on any atom is 0.0468 e. The van der Waals surface area contributed by atoms with E-state index in [-0.39, 0.29) is 0 Å². The van der Waals surface area contributed by atoms with Gasteiger partial charge in [-0.15, -0.1) is 0 Å². The topological polar surface area (TPSA) is 29.5 Å². The van der Waals surface area contributed by atoms with E-state index in [1.807, 2.05) is 0 Å². The lowest BCUT2D eigenvalue weighted by Crippen LogP contribution is -2.18. The molecule has 1 heterocycles. The van der Waals surface area contributed by atoms with Gasteiger partial charge in [-0.3, -0.25) is 0 Å². The molecule has 2 heteroatoms. The molecule has 1 saturated heterocycles. The van der Waals surface area contributed by atoms with Crippen molar-refractivity contribution in [3.05, 3.63) is 0 Å². The smallest absolute Gasteiger partial charge is 0.0468 e. The Balaban J connectivity index is 2.13. The largest absolute Gasteiger partial charge is 0.396 e. The van der Waals surface area contributed by atoms with E-state index in [0.717, 1.165) is 19.1 Å². The summed E-state index contributed by atoms with van der Waals surface area (Å²) >= 11 is 0. The van der Waals surface area contributed by atoms with Crippen LogP contribution in [0.2, 0.25) is 0 Å². The van der Waals surface area contributed by atoms with Gasteiger partial charge in [-0.25, -0.2) is 0 Å². The van der Waals surface area contributed by atoms with Crippen molar-refractivity contribution >= 4 is 0 Å². The van der Waals surface area contributed by atoms with Crippen LogP contribution in [0.4, 0.5) is 0 Å². The van der Waals surface area contributed by atoms with Crippen molar-refractivity contribution in [3.8, 4) is 0 Å². The van der Waals surface area contributed by atoms with Gasteiger partial charge in [-0.05, 0) is 31.1 Å². The molecule has 0 aliphatic carbocycles. The molecule has 0 aromatic rings. The Labute approximate surface area is 68.6 Å². The van der Waals surface area contributed by atoms with Crippen LogP contribution in [0.15, 0.2) is 0 Å². The second-order valence-corrected chi connectivity index (χ2v) is 3.58. The third-order valence-corrected chi connectivity index (χ3v) is 2.39. The summed E-state index contributed by atoms with van der Waals surface area (Å²) in [5.41, 5.74) is 0. The van der Waals surface area contributed by atoms with Gasteiger partial charge in [0.25, 0.3) is 0 Å². The summed E-state index contributed by atoms with van der Waals surface area (Å²) in [7, 11) is 0. The Hall–Kier alpha value is -0.0800. The second-order valence-electron chi connectivity index (χ2n) is 3.58. The lowest BCUT2D eigenvalue weighted by molar-refractivity contribution is 0.0555. The predicted molar refractivity (Wildman–Crippen MR) is 44.4 cm³/mol. The molecule has 0 aromatic carbocycles. The molecule has 11 heavy (non-hydrogen) atoms. The number of ether oxygens (including phenoxy) is 1. The molecule has 1 aliphatic heterocycles. The summed E-state index contributed by atoms with van der Waals surface area (Å²) in [6, 6.07) is 0. The van der Waals surface area contributed by atoms with Crippen LogP contribution in [0.5, 0.6) is 0 Å². The number of aliphatic hydroxyl groups excluding tert-OH is 1. The zero-order chi connectivity index (χ0) is 8.10. The second kappa shape index (κ2) is 4.73. The molecule has 0 spiro atoms. The highest BCUT2D eigenvalue weighted by atomic mass is 16.5. The van der Waals surface area contributed by atoms with Gasteiger partial charge in [0.1, 0.15) is 0 Å². The van der Waals surface area contributed by atoms with Crippen LogP contribution in [0, 0.1) is 11.8 Å². The zero-order valence-corrected chi connectivity index (χ0v) is 7.25. The molecular formula is C9H18O2. The van der Waals surface area contributed by atoms with Crippen molar-refractivity contribution in [1.29, 1.82) is 0 Å². The summed E-state index contributed by atoms with van der Waals surface area (Å²) in [6.07, 6.45) is 3.54. The molecule has 1 aliphatic rings. The van der Waals surface area contributed by atoms with Crippen LogP contribution >= 0.6 is 0 Å². The van der Waals surface area contributed by atoms with Gasteiger partial charge < -0.3 is 9.84 Å². The van der Waals surface area contributed by atoms with E-state index in [1.165, 1.54) is 19.3 Å². The molecule has 66 valence electrons. The maximum atomic E-state index is 8.83. The monoisotopic (exact) mass is 158 g/mol. The van der Waals surface area contributed by atoms with Crippen LogP contribution in [0.3, 0.4) is 0 Å². The average molecular weight is 158 g/mol. The highest BCUT2D eigenvalue weighted by molar-refractivity contribution is 4.66. The molecule has 0 unspecified atom stereocenters.